The molecule has 0 saturated carbocycles. The summed E-state index contributed by atoms with van der Waals surface area (Å²) in [5.74, 6) is 1.06. The third kappa shape index (κ3) is 2.83. The molecule has 1 aromatic carbocycles. The monoisotopic (exact) mass is 297 g/mol. The minimum atomic E-state index is 0.446. The zero-order chi connectivity index (χ0) is 12.3. The van der Waals surface area contributed by atoms with E-state index in [0.717, 1.165) is 23.2 Å². The molecular formula is C14H20BrNO. The van der Waals surface area contributed by atoms with Gasteiger partial charge in [-0.1, -0.05) is 29.3 Å². The van der Waals surface area contributed by atoms with Gasteiger partial charge in [0.2, 0.25) is 0 Å². The van der Waals surface area contributed by atoms with E-state index in [1.165, 1.54) is 30.4 Å². The minimum absolute atomic E-state index is 0.446. The van der Waals surface area contributed by atoms with Crippen LogP contribution in [0.1, 0.15) is 43.4 Å². The molecule has 0 radical (unpaired) electrons. The van der Waals surface area contributed by atoms with Crippen molar-refractivity contribution in [1.82, 2.24) is 5.32 Å². The highest BCUT2D eigenvalue weighted by atomic mass is 79.9. The molecule has 1 heterocycles. The fourth-order valence-electron chi connectivity index (χ4n) is 2.56. The molecule has 94 valence electrons. The third-order valence-electron chi connectivity index (χ3n) is 3.43. The maximum Gasteiger partial charge on any atom is 0.126 e. The van der Waals surface area contributed by atoms with Crippen molar-refractivity contribution in [3.63, 3.8) is 0 Å². The lowest BCUT2D eigenvalue weighted by Crippen LogP contribution is -2.27. The molecule has 1 atom stereocenters. The highest BCUT2D eigenvalue weighted by molar-refractivity contribution is 9.10. The van der Waals surface area contributed by atoms with Gasteiger partial charge in [-0.3, -0.25) is 0 Å². The van der Waals surface area contributed by atoms with Gasteiger partial charge in [0.25, 0.3) is 0 Å². The van der Waals surface area contributed by atoms with Gasteiger partial charge in [-0.05, 0) is 43.5 Å². The molecule has 0 bridgehead atoms. The van der Waals surface area contributed by atoms with E-state index in [4.69, 9.17) is 4.74 Å². The Morgan fingerprint density at radius 3 is 2.82 bits per heavy atom. The average Bonchev–Trinajstić information content (AvgIpc) is 2.38. The third-order valence-corrected chi connectivity index (χ3v) is 3.89. The van der Waals surface area contributed by atoms with Crippen LogP contribution in [0.5, 0.6) is 5.75 Å². The van der Waals surface area contributed by atoms with Crippen LogP contribution < -0.4 is 10.1 Å². The smallest absolute Gasteiger partial charge is 0.126 e. The standard InChI is InChI=1S/C14H20BrNO/c1-3-10-8-11(15)9-12(14(10)17-2)13-6-4-5-7-16-13/h8-9,13,16H,3-7H2,1-2H3. The first-order valence-electron chi connectivity index (χ1n) is 6.36. The average molecular weight is 298 g/mol. The van der Waals surface area contributed by atoms with Crippen LogP contribution in [0.2, 0.25) is 0 Å². The lowest BCUT2D eigenvalue weighted by atomic mass is 9.94. The topological polar surface area (TPSA) is 21.3 Å². The highest BCUT2D eigenvalue weighted by Gasteiger charge is 2.20. The number of hydrogen-bond donors (Lipinski definition) is 1. The maximum atomic E-state index is 5.61. The van der Waals surface area contributed by atoms with Gasteiger partial charge in [0.05, 0.1) is 7.11 Å². The molecule has 2 rings (SSSR count). The minimum Gasteiger partial charge on any atom is -0.496 e. The molecule has 0 aromatic heterocycles. The molecule has 2 nitrogen and oxygen atoms in total. The Bertz CT molecular complexity index is 386. The van der Waals surface area contributed by atoms with E-state index >= 15 is 0 Å². The second-order valence-corrected chi connectivity index (χ2v) is 5.46. The summed E-state index contributed by atoms with van der Waals surface area (Å²) in [7, 11) is 1.77. The summed E-state index contributed by atoms with van der Waals surface area (Å²) in [4.78, 5) is 0. The van der Waals surface area contributed by atoms with E-state index in [1.807, 2.05) is 0 Å². The number of halogens is 1. The van der Waals surface area contributed by atoms with Gasteiger partial charge in [-0.2, -0.15) is 0 Å². The molecule has 17 heavy (non-hydrogen) atoms. The SMILES string of the molecule is CCc1cc(Br)cc(C2CCCCN2)c1OC. The van der Waals surface area contributed by atoms with Crippen molar-refractivity contribution in [2.75, 3.05) is 13.7 Å². The van der Waals surface area contributed by atoms with Gasteiger partial charge in [-0.25, -0.2) is 0 Å². The van der Waals surface area contributed by atoms with E-state index < -0.39 is 0 Å². The van der Waals surface area contributed by atoms with Crippen LogP contribution >= 0.6 is 15.9 Å². The van der Waals surface area contributed by atoms with Crippen LogP contribution in [0.25, 0.3) is 0 Å². The quantitative estimate of drug-likeness (QED) is 0.915. The number of nitrogens with one attached hydrogen (secondary N) is 1. The Kier molecular flexibility index (Phi) is 4.46. The summed E-state index contributed by atoms with van der Waals surface area (Å²) >= 11 is 3.60. The molecule has 1 aliphatic rings. The first-order chi connectivity index (χ1) is 8.26. The number of rotatable bonds is 3. The van der Waals surface area contributed by atoms with E-state index in [2.05, 4.69) is 40.3 Å². The van der Waals surface area contributed by atoms with Crippen LogP contribution in [0, 0.1) is 0 Å². The lowest BCUT2D eigenvalue weighted by molar-refractivity contribution is 0.370. The molecule has 1 unspecified atom stereocenters. The van der Waals surface area contributed by atoms with Gasteiger partial charge < -0.3 is 10.1 Å². The Hall–Kier alpha value is -0.540. The van der Waals surface area contributed by atoms with Crippen molar-refractivity contribution >= 4 is 15.9 Å². The van der Waals surface area contributed by atoms with Crippen LogP contribution in [-0.2, 0) is 6.42 Å². The van der Waals surface area contributed by atoms with Crippen molar-refractivity contribution in [3.05, 3.63) is 27.7 Å². The zero-order valence-electron chi connectivity index (χ0n) is 10.6. The molecule has 1 saturated heterocycles. The predicted molar refractivity (Wildman–Crippen MR) is 74.7 cm³/mol. The number of piperidine rings is 1. The molecule has 0 aliphatic carbocycles. The van der Waals surface area contributed by atoms with Gasteiger partial charge in [-0.15, -0.1) is 0 Å². The zero-order valence-corrected chi connectivity index (χ0v) is 12.1. The Morgan fingerprint density at radius 1 is 1.41 bits per heavy atom. The van der Waals surface area contributed by atoms with Crippen molar-refractivity contribution in [2.24, 2.45) is 0 Å². The van der Waals surface area contributed by atoms with Crippen LogP contribution in [-0.4, -0.2) is 13.7 Å². The first kappa shape index (κ1) is 12.9. The van der Waals surface area contributed by atoms with Crippen molar-refractivity contribution in [1.29, 1.82) is 0 Å². The summed E-state index contributed by atoms with van der Waals surface area (Å²) in [5, 5.41) is 3.59. The van der Waals surface area contributed by atoms with Gasteiger partial charge in [0.1, 0.15) is 5.75 Å². The first-order valence-corrected chi connectivity index (χ1v) is 7.15. The fraction of sp³-hybridized carbons (Fsp3) is 0.571. The van der Waals surface area contributed by atoms with Crippen molar-refractivity contribution in [3.8, 4) is 5.75 Å². The highest BCUT2D eigenvalue weighted by Crippen LogP contribution is 2.36. The predicted octanol–water partition coefficient (Wildman–Crippen LogP) is 3.83. The van der Waals surface area contributed by atoms with E-state index in [9.17, 15) is 0 Å². The van der Waals surface area contributed by atoms with E-state index in [1.54, 1.807) is 7.11 Å². The lowest BCUT2D eigenvalue weighted by Gasteiger charge is -2.26. The maximum absolute atomic E-state index is 5.61. The van der Waals surface area contributed by atoms with Gasteiger partial charge >= 0.3 is 0 Å². The summed E-state index contributed by atoms with van der Waals surface area (Å²) in [6.45, 7) is 3.28. The van der Waals surface area contributed by atoms with E-state index in [0.29, 0.717) is 6.04 Å². The largest absolute Gasteiger partial charge is 0.496 e. The van der Waals surface area contributed by atoms with Crippen LogP contribution in [0.3, 0.4) is 0 Å². The number of methoxy groups -OCH3 is 1. The van der Waals surface area contributed by atoms with Gasteiger partial charge in [0.15, 0.2) is 0 Å². The number of benzene rings is 1. The molecule has 3 heteroatoms. The van der Waals surface area contributed by atoms with Gasteiger partial charge in [0, 0.05) is 16.1 Å². The van der Waals surface area contributed by atoms with Crippen molar-refractivity contribution < 1.29 is 4.74 Å². The Labute approximate surface area is 112 Å². The summed E-state index contributed by atoms with van der Waals surface area (Å²) < 4.78 is 6.77. The second-order valence-electron chi connectivity index (χ2n) is 4.54. The van der Waals surface area contributed by atoms with Crippen molar-refractivity contribution in [2.45, 2.75) is 38.6 Å². The molecule has 0 amide bonds. The number of ether oxygens (including phenoxy) is 1. The molecule has 1 aliphatic heterocycles. The Balaban J connectivity index is 2.39. The molecule has 0 spiro atoms. The summed E-state index contributed by atoms with van der Waals surface area (Å²) in [6, 6.07) is 4.80. The molecule has 1 fully saturated rings. The van der Waals surface area contributed by atoms with Crippen LogP contribution in [0.4, 0.5) is 0 Å². The molecule has 1 aromatic rings. The second kappa shape index (κ2) is 5.87. The Morgan fingerprint density at radius 2 is 2.24 bits per heavy atom. The number of hydrogen-bond acceptors (Lipinski definition) is 2. The van der Waals surface area contributed by atoms with Crippen LogP contribution in [0.15, 0.2) is 16.6 Å². The number of aryl methyl sites for hydroxylation is 1. The fourth-order valence-corrected chi connectivity index (χ4v) is 3.08. The molecular weight excluding hydrogens is 278 g/mol. The normalized spacial score (nSPS) is 20.3. The van der Waals surface area contributed by atoms with E-state index in [-0.39, 0.29) is 0 Å². The summed E-state index contributed by atoms with van der Waals surface area (Å²) in [5.41, 5.74) is 2.59. The summed E-state index contributed by atoms with van der Waals surface area (Å²) in [6.07, 6.45) is 4.79. The molecule has 1 N–H and O–H groups in total.